The van der Waals surface area contributed by atoms with Crippen molar-refractivity contribution in [1.29, 1.82) is 0 Å². The summed E-state index contributed by atoms with van der Waals surface area (Å²) in [5.74, 6) is -0.582. The highest BCUT2D eigenvalue weighted by molar-refractivity contribution is 5.97. The van der Waals surface area contributed by atoms with Crippen LogP contribution in [0.15, 0.2) is 54.6 Å². The molecule has 6 nitrogen and oxygen atoms in total. The van der Waals surface area contributed by atoms with Crippen molar-refractivity contribution in [3.8, 4) is 0 Å². The minimum atomic E-state index is -0.716. The zero-order valence-corrected chi connectivity index (χ0v) is 17.6. The number of hydrogen-bond donors (Lipinski definition) is 4. The zero-order chi connectivity index (χ0) is 20.4. The van der Waals surface area contributed by atoms with Crippen LogP contribution < -0.4 is 22.1 Å². The molecule has 0 heterocycles. The molecule has 2 aromatic carbocycles. The standard InChI is InChI=1S/C22H30N4O2.ClH/c1-16-10-12-18(13-11-16)25-22(28)20(9-5-6-14-23)26-21(27)19(24)15-17-7-3-2-4-8-17;/h2-4,7-8,10-13,19-20H,5-6,9,14-15,23-24H2,1H3,(H,25,28)(H,26,27);1H/t19-,20-;/m0./s1. The van der Waals surface area contributed by atoms with Gasteiger partial charge in [0.25, 0.3) is 0 Å². The molecule has 0 unspecified atom stereocenters. The second-order valence-corrected chi connectivity index (χ2v) is 7.00. The van der Waals surface area contributed by atoms with Gasteiger partial charge in [0.15, 0.2) is 0 Å². The molecule has 0 saturated heterocycles. The van der Waals surface area contributed by atoms with Crippen LogP contribution in [0.4, 0.5) is 5.69 Å². The molecule has 0 aliphatic rings. The highest BCUT2D eigenvalue weighted by Gasteiger charge is 2.23. The fourth-order valence-corrected chi connectivity index (χ4v) is 2.87. The molecule has 2 atom stereocenters. The topological polar surface area (TPSA) is 110 Å². The number of anilines is 1. The molecule has 0 saturated carbocycles. The van der Waals surface area contributed by atoms with E-state index in [1.807, 2.05) is 61.5 Å². The second-order valence-electron chi connectivity index (χ2n) is 7.00. The Morgan fingerprint density at radius 1 is 0.966 bits per heavy atom. The van der Waals surface area contributed by atoms with Crippen molar-refractivity contribution in [2.75, 3.05) is 11.9 Å². The molecular weight excluding hydrogens is 388 g/mol. The number of halogens is 1. The molecule has 0 aromatic heterocycles. The first-order valence-corrected chi connectivity index (χ1v) is 9.67. The predicted molar refractivity (Wildman–Crippen MR) is 120 cm³/mol. The Morgan fingerprint density at radius 3 is 2.24 bits per heavy atom. The van der Waals surface area contributed by atoms with Gasteiger partial charge < -0.3 is 22.1 Å². The fourth-order valence-electron chi connectivity index (χ4n) is 2.87. The van der Waals surface area contributed by atoms with Gasteiger partial charge in [0.2, 0.25) is 11.8 Å². The Morgan fingerprint density at radius 2 is 1.62 bits per heavy atom. The lowest BCUT2D eigenvalue weighted by molar-refractivity contribution is -0.127. The number of hydrogen-bond acceptors (Lipinski definition) is 4. The summed E-state index contributed by atoms with van der Waals surface area (Å²) in [5.41, 5.74) is 14.4. The van der Waals surface area contributed by atoms with E-state index in [1.165, 1.54) is 0 Å². The number of benzene rings is 2. The van der Waals surface area contributed by atoms with Crippen molar-refractivity contribution in [2.45, 2.75) is 44.7 Å². The lowest BCUT2D eigenvalue weighted by Gasteiger charge is -2.21. The Bertz CT molecular complexity index is 753. The molecule has 0 aliphatic carbocycles. The minimum Gasteiger partial charge on any atom is -0.343 e. The summed E-state index contributed by atoms with van der Waals surface area (Å²) in [7, 11) is 0. The molecule has 158 valence electrons. The molecule has 0 bridgehead atoms. The molecule has 7 heteroatoms. The number of aryl methyl sites for hydroxylation is 1. The van der Waals surface area contributed by atoms with Crippen LogP contribution >= 0.6 is 12.4 Å². The van der Waals surface area contributed by atoms with E-state index in [0.29, 0.717) is 25.1 Å². The van der Waals surface area contributed by atoms with E-state index in [-0.39, 0.29) is 24.2 Å². The molecule has 0 radical (unpaired) electrons. The van der Waals surface area contributed by atoms with Crippen LogP contribution in [-0.4, -0.2) is 30.4 Å². The van der Waals surface area contributed by atoms with Crippen molar-refractivity contribution >= 4 is 29.9 Å². The van der Waals surface area contributed by atoms with E-state index in [9.17, 15) is 9.59 Å². The fraction of sp³-hybridized carbons (Fsp3) is 0.364. The van der Waals surface area contributed by atoms with E-state index in [4.69, 9.17) is 11.5 Å². The molecule has 2 amide bonds. The van der Waals surface area contributed by atoms with Gasteiger partial charge >= 0.3 is 0 Å². The molecular formula is C22H31ClN4O2. The number of carbonyl (C=O) groups excluding carboxylic acids is 2. The highest BCUT2D eigenvalue weighted by Crippen LogP contribution is 2.11. The molecule has 0 aliphatic heterocycles. The van der Waals surface area contributed by atoms with Crippen molar-refractivity contribution in [1.82, 2.24) is 5.32 Å². The second kappa shape index (κ2) is 12.9. The van der Waals surface area contributed by atoms with Gasteiger partial charge in [-0.15, -0.1) is 12.4 Å². The third kappa shape index (κ3) is 8.64. The first kappa shape index (κ1) is 24.6. The van der Waals surface area contributed by atoms with Gasteiger partial charge in [-0.1, -0.05) is 48.0 Å². The van der Waals surface area contributed by atoms with Crippen LogP contribution in [0.1, 0.15) is 30.4 Å². The monoisotopic (exact) mass is 418 g/mol. The maximum absolute atomic E-state index is 12.7. The Balaban J connectivity index is 0.00000420. The summed E-state index contributed by atoms with van der Waals surface area (Å²) in [6.07, 6.45) is 2.47. The van der Waals surface area contributed by atoms with E-state index in [0.717, 1.165) is 24.0 Å². The maximum Gasteiger partial charge on any atom is 0.246 e. The van der Waals surface area contributed by atoms with Gasteiger partial charge in [0.1, 0.15) is 6.04 Å². The van der Waals surface area contributed by atoms with Crippen molar-refractivity contribution in [3.05, 3.63) is 65.7 Å². The van der Waals surface area contributed by atoms with Crippen molar-refractivity contribution < 1.29 is 9.59 Å². The average molecular weight is 419 g/mol. The molecule has 0 fully saturated rings. The van der Waals surface area contributed by atoms with Gasteiger partial charge in [0, 0.05) is 5.69 Å². The maximum atomic E-state index is 12.7. The number of unbranched alkanes of at least 4 members (excludes halogenated alkanes) is 1. The molecule has 6 N–H and O–H groups in total. The summed E-state index contributed by atoms with van der Waals surface area (Å²) in [6, 6.07) is 15.7. The smallest absolute Gasteiger partial charge is 0.246 e. The lowest BCUT2D eigenvalue weighted by Crippen LogP contribution is -2.50. The molecule has 2 aromatic rings. The Hall–Kier alpha value is -2.41. The third-order valence-electron chi connectivity index (χ3n) is 4.53. The lowest BCUT2D eigenvalue weighted by atomic mass is 10.0. The Kier molecular flexibility index (Phi) is 11.0. The van der Waals surface area contributed by atoms with Crippen molar-refractivity contribution in [2.24, 2.45) is 11.5 Å². The predicted octanol–water partition coefficient (Wildman–Crippen LogP) is 2.54. The van der Waals surface area contributed by atoms with E-state index in [2.05, 4.69) is 10.6 Å². The number of rotatable bonds is 10. The van der Waals surface area contributed by atoms with Gasteiger partial charge in [-0.3, -0.25) is 9.59 Å². The summed E-state index contributed by atoms with van der Waals surface area (Å²) >= 11 is 0. The van der Waals surface area contributed by atoms with Gasteiger partial charge in [-0.2, -0.15) is 0 Å². The molecule has 0 spiro atoms. The summed E-state index contributed by atoms with van der Waals surface area (Å²) in [4.78, 5) is 25.3. The normalized spacial score (nSPS) is 12.4. The Labute approximate surface area is 178 Å². The first-order valence-electron chi connectivity index (χ1n) is 9.67. The molecule has 2 rings (SSSR count). The quantitative estimate of drug-likeness (QED) is 0.444. The van der Waals surface area contributed by atoms with E-state index in [1.54, 1.807) is 0 Å². The zero-order valence-electron chi connectivity index (χ0n) is 16.8. The van der Waals surface area contributed by atoms with Crippen LogP contribution in [0.25, 0.3) is 0 Å². The van der Waals surface area contributed by atoms with Gasteiger partial charge in [-0.05, 0) is 56.8 Å². The number of nitrogens with one attached hydrogen (secondary N) is 2. The number of nitrogens with two attached hydrogens (primary N) is 2. The van der Waals surface area contributed by atoms with Gasteiger partial charge in [-0.25, -0.2) is 0 Å². The van der Waals surface area contributed by atoms with Crippen molar-refractivity contribution in [3.63, 3.8) is 0 Å². The molecule has 29 heavy (non-hydrogen) atoms. The SMILES string of the molecule is Cc1ccc(NC(=O)[C@H](CCCCN)NC(=O)[C@@H](N)Cc2ccccc2)cc1.Cl. The number of amides is 2. The summed E-state index contributed by atoms with van der Waals surface area (Å²) < 4.78 is 0. The summed E-state index contributed by atoms with van der Waals surface area (Å²) in [6.45, 7) is 2.53. The minimum absolute atomic E-state index is 0. The van der Waals surface area contributed by atoms with Crippen LogP contribution in [0.3, 0.4) is 0 Å². The largest absolute Gasteiger partial charge is 0.343 e. The average Bonchev–Trinajstić information content (AvgIpc) is 2.69. The number of carbonyl (C=O) groups is 2. The first-order chi connectivity index (χ1) is 13.5. The summed E-state index contributed by atoms with van der Waals surface area (Å²) in [5, 5.41) is 5.67. The van der Waals surface area contributed by atoms with Crippen LogP contribution in [0, 0.1) is 6.92 Å². The van der Waals surface area contributed by atoms with Crippen LogP contribution in [-0.2, 0) is 16.0 Å². The third-order valence-corrected chi connectivity index (χ3v) is 4.53. The van der Waals surface area contributed by atoms with E-state index >= 15 is 0 Å². The van der Waals surface area contributed by atoms with E-state index < -0.39 is 12.1 Å². The van der Waals surface area contributed by atoms with Gasteiger partial charge in [0.05, 0.1) is 6.04 Å². The highest BCUT2D eigenvalue weighted by atomic mass is 35.5. The van der Waals surface area contributed by atoms with Crippen LogP contribution in [0.2, 0.25) is 0 Å². The van der Waals surface area contributed by atoms with Crippen LogP contribution in [0.5, 0.6) is 0 Å².